The fraction of sp³-hybridized carbons (Fsp3) is 0.160. The third kappa shape index (κ3) is 4.27. The molecule has 1 aliphatic heterocycles. The number of rotatable bonds is 5. The quantitative estimate of drug-likeness (QED) is 0.556. The highest BCUT2D eigenvalue weighted by Crippen LogP contribution is 2.43. The van der Waals surface area contributed by atoms with E-state index in [0.29, 0.717) is 39.4 Å². The maximum atomic E-state index is 13.8. The summed E-state index contributed by atoms with van der Waals surface area (Å²) in [5.41, 5.74) is 2.15. The van der Waals surface area contributed by atoms with Crippen LogP contribution in [0.15, 0.2) is 54.0 Å². The maximum absolute atomic E-state index is 13.8. The lowest BCUT2D eigenvalue weighted by Crippen LogP contribution is -2.32. The highest BCUT2D eigenvalue weighted by atomic mass is 19.1. The average Bonchev–Trinajstić information content (AvgIpc) is 2.79. The summed E-state index contributed by atoms with van der Waals surface area (Å²) in [6.45, 7) is 6.67. The smallest absolute Gasteiger partial charge is 0.277 e. The van der Waals surface area contributed by atoms with Gasteiger partial charge in [0, 0.05) is 30.1 Å². The van der Waals surface area contributed by atoms with E-state index in [1.54, 1.807) is 45.3 Å². The number of carbonyl (C=O) groups excluding carboxylic acids is 2. The van der Waals surface area contributed by atoms with E-state index in [4.69, 9.17) is 9.47 Å². The first-order valence-corrected chi connectivity index (χ1v) is 10.4. The number of amides is 2. The topological polar surface area (TPSA) is 98.7 Å². The third-order valence-electron chi connectivity index (χ3n) is 5.30. The van der Waals surface area contributed by atoms with Gasteiger partial charge in [-0.3, -0.25) is 14.4 Å². The fourth-order valence-corrected chi connectivity index (χ4v) is 3.75. The second-order valence-corrected chi connectivity index (χ2v) is 7.87. The molecule has 2 N–H and O–H groups in total. The van der Waals surface area contributed by atoms with Crippen LogP contribution < -0.4 is 25.7 Å². The Morgan fingerprint density at radius 2 is 1.91 bits per heavy atom. The number of nitrogens with one attached hydrogen (secondary N) is 2. The van der Waals surface area contributed by atoms with E-state index in [0.717, 1.165) is 6.08 Å². The van der Waals surface area contributed by atoms with Crippen molar-refractivity contribution in [3.8, 4) is 28.4 Å². The van der Waals surface area contributed by atoms with Gasteiger partial charge in [-0.15, -0.1) is 0 Å². The van der Waals surface area contributed by atoms with E-state index in [2.05, 4.69) is 17.2 Å². The van der Waals surface area contributed by atoms with Crippen molar-refractivity contribution in [1.29, 1.82) is 0 Å². The summed E-state index contributed by atoms with van der Waals surface area (Å²) in [5.74, 6) is -0.193. The number of hydrogen-bond donors (Lipinski definition) is 2. The van der Waals surface area contributed by atoms with E-state index in [1.807, 2.05) is 0 Å². The molecule has 2 aromatic carbocycles. The number of hydrogen-bond acceptors (Lipinski definition) is 5. The lowest BCUT2D eigenvalue weighted by atomic mass is 10.0. The molecule has 9 heteroatoms. The standard InChI is InChI=1S/C25H22FN3O5/c1-5-20(30)27-16-6-7-19(34-23-13(2)8-15(26)9-14(23)3)17(10-16)18-11-29(4)25(32)22-24(18)33-12-21(31)28-22/h5-11H,1,12H2,2-4H3,(H,27,30)(H,28,31). The van der Waals surface area contributed by atoms with Gasteiger partial charge in [0.05, 0.1) is 0 Å². The summed E-state index contributed by atoms with van der Waals surface area (Å²) in [7, 11) is 1.55. The molecule has 0 atom stereocenters. The van der Waals surface area contributed by atoms with Crippen LogP contribution in [0.5, 0.6) is 17.2 Å². The van der Waals surface area contributed by atoms with Crippen molar-refractivity contribution >= 4 is 23.2 Å². The van der Waals surface area contributed by atoms with E-state index < -0.39 is 17.4 Å². The molecule has 0 fully saturated rings. The molecule has 8 nitrogen and oxygen atoms in total. The highest BCUT2D eigenvalue weighted by molar-refractivity contribution is 6.00. The van der Waals surface area contributed by atoms with Gasteiger partial charge in [-0.2, -0.15) is 0 Å². The summed E-state index contributed by atoms with van der Waals surface area (Å²) < 4.78 is 27.0. The Balaban J connectivity index is 1.93. The molecule has 0 radical (unpaired) electrons. The van der Waals surface area contributed by atoms with Crippen molar-refractivity contribution < 1.29 is 23.5 Å². The largest absolute Gasteiger partial charge is 0.481 e. The van der Waals surface area contributed by atoms with Crippen LogP contribution in [-0.4, -0.2) is 23.0 Å². The molecule has 174 valence electrons. The zero-order chi connectivity index (χ0) is 24.6. The molecule has 0 saturated carbocycles. The van der Waals surface area contributed by atoms with Crippen LogP contribution >= 0.6 is 0 Å². The molecule has 2 amide bonds. The Kier molecular flexibility index (Phi) is 5.93. The number of aromatic nitrogens is 1. The fourth-order valence-electron chi connectivity index (χ4n) is 3.75. The molecular formula is C25H22FN3O5. The molecule has 2 heterocycles. The number of pyridine rings is 1. The second-order valence-electron chi connectivity index (χ2n) is 7.87. The Morgan fingerprint density at radius 1 is 1.21 bits per heavy atom. The molecule has 0 bridgehead atoms. The lowest BCUT2D eigenvalue weighted by molar-refractivity contribution is -0.118. The van der Waals surface area contributed by atoms with E-state index in [-0.39, 0.29) is 23.9 Å². The van der Waals surface area contributed by atoms with E-state index in [1.165, 1.54) is 16.7 Å². The monoisotopic (exact) mass is 463 g/mol. The van der Waals surface area contributed by atoms with Crippen LogP contribution in [0, 0.1) is 19.7 Å². The zero-order valence-electron chi connectivity index (χ0n) is 18.8. The van der Waals surface area contributed by atoms with Gasteiger partial charge in [0.15, 0.2) is 18.0 Å². The van der Waals surface area contributed by atoms with Crippen LogP contribution in [0.4, 0.5) is 15.8 Å². The van der Waals surface area contributed by atoms with Crippen molar-refractivity contribution in [2.45, 2.75) is 13.8 Å². The highest BCUT2D eigenvalue weighted by Gasteiger charge is 2.26. The summed E-state index contributed by atoms with van der Waals surface area (Å²) in [4.78, 5) is 36.4. The molecule has 1 aromatic heterocycles. The molecule has 0 saturated heterocycles. The molecule has 4 rings (SSSR count). The summed E-state index contributed by atoms with van der Waals surface area (Å²) in [5, 5.41) is 5.26. The van der Waals surface area contributed by atoms with Crippen LogP contribution in [-0.2, 0) is 16.6 Å². The van der Waals surface area contributed by atoms with Crippen molar-refractivity contribution in [2.75, 3.05) is 17.2 Å². The molecule has 0 unspecified atom stereocenters. The molecule has 0 aliphatic carbocycles. The van der Waals surface area contributed by atoms with Crippen LogP contribution in [0.1, 0.15) is 11.1 Å². The zero-order valence-corrected chi connectivity index (χ0v) is 18.8. The minimum atomic E-state index is -0.442. The minimum Gasteiger partial charge on any atom is -0.481 e. The first-order chi connectivity index (χ1) is 16.2. The maximum Gasteiger partial charge on any atom is 0.277 e. The summed E-state index contributed by atoms with van der Waals surface area (Å²) in [6, 6.07) is 7.69. The Labute approximate surface area is 194 Å². The lowest BCUT2D eigenvalue weighted by Gasteiger charge is -2.23. The molecule has 34 heavy (non-hydrogen) atoms. The number of fused-ring (bicyclic) bond motifs is 1. The molecule has 1 aliphatic rings. The number of anilines is 2. The Hall–Kier alpha value is -4.40. The van der Waals surface area contributed by atoms with E-state index in [9.17, 15) is 18.8 Å². The van der Waals surface area contributed by atoms with Gasteiger partial charge in [-0.05, 0) is 61.4 Å². The van der Waals surface area contributed by atoms with Gasteiger partial charge in [0.1, 0.15) is 17.3 Å². The number of ether oxygens (including phenoxy) is 2. The predicted molar refractivity (Wildman–Crippen MR) is 126 cm³/mol. The normalized spacial score (nSPS) is 12.3. The number of aryl methyl sites for hydroxylation is 3. The summed E-state index contributed by atoms with van der Waals surface area (Å²) in [6.07, 6.45) is 2.70. The molecular weight excluding hydrogens is 441 g/mol. The minimum absolute atomic E-state index is 0.0110. The summed E-state index contributed by atoms with van der Waals surface area (Å²) >= 11 is 0. The number of nitrogens with zero attached hydrogens (tertiary/aromatic N) is 1. The van der Waals surface area contributed by atoms with Gasteiger partial charge >= 0.3 is 0 Å². The van der Waals surface area contributed by atoms with E-state index >= 15 is 0 Å². The van der Waals surface area contributed by atoms with Crippen molar-refractivity contribution in [3.05, 3.63) is 76.5 Å². The van der Waals surface area contributed by atoms with Gasteiger partial charge < -0.3 is 24.7 Å². The number of carbonyl (C=O) groups is 2. The predicted octanol–water partition coefficient (Wildman–Crippen LogP) is 4.06. The van der Waals surface area contributed by atoms with Crippen molar-refractivity contribution in [3.63, 3.8) is 0 Å². The number of halogens is 1. The Bertz CT molecular complexity index is 1390. The second kappa shape index (κ2) is 8.86. The van der Waals surface area contributed by atoms with Gasteiger partial charge in [0.2, 0.25) is 5.91 Å². The SMILES string of the molecule is C=CC(=O)Nc1ccc(Oc2c(C)cc(F)cc2C)c(-c2cn(C)c(=O)c3c2OCC(=O)N3)c1. The third-order valence-corrected chi connectivity index (χ3v) is 5.30. The van der Waals surface area contributed by atoms with Crippen molar-refractivity contribution in [1.82, 2.24) is 4.57 Å². The first kappa shape index (κ1) is 22.8. The van der Waals surface area contributed by atoms with Gasteiger partial charge in [0.25, 0.3) is 11.5 Å². The van der Waals surface area contributed by atoms with Gasteiger partial charge in [-0.25, -0.2) is 4.39 Å². The van der Waals surface area contributed by atoms with Crippen LogP contribution in [0.25, 0.3) is 11.1 Å². The molecule has 3 aromatic rings. The molecule has 0 spiro atoms. The first-order valence-electron chi connectivity index (χ1n) is 10.4. The van der Waals surface area contributed by atoms with Crippen LogP contribution in [0.3, 0.4) is 0 Å². The van der Waals surface area contributed by atoms with Gasteiger partial charge in [-0.1, -0.05) is 6.58 Å². The number of benzene rings is 2. The van der Waals surface area contributed by atoms with Crippen LogP contribution in [0.2, 0.25) is 0 Å². The Morgan fingerprint density at radius 3 is 2.59 bits per heavy atom. The average molecular weight is 463 g/mol. The van der Waals surface area contributed by atoms with Crippen molar-refractivity contribution in [2.24, 2.45) is 7.05 Å².